The lowest BCUT2D eigenvalue weighted by molar-refractivity contribution is 0.317. The Kier molecular flexibility index (Phi) is 3.60. The molecule has 0 fully saturated rings. The van der Waals surface area contributed by atoms with Crippen molar-refractivity contribution in [3.63, 3.8) is 0 Å². The zero-order valence-corrected chi connectivity index (χ0v) is 9.02. The van der Waals surface area contributed by atoms with Gasteiger partial charge in [-0.2, -0.15) is 0 Å². The minimum Gasteiger partial charge on any atom is -0.494 e. The lowest BCUT2D eigenvalue weighted by Crippen LogP contribution is -1.94. The predicted molar refractivity (Wildman–Crippen MR) is 54.7 cm³/mol. The van der Waals surface area contributed by atoms with Gasteiger partial charge >= 0.3 is 0 Å². The molecule has 0 bridgehead atoms. The molecule has 0 saturated carbocycles. The molecule has 1 rings (SSSR count). The van der Waals surface area contributed by atoms with Crippen molar-refractivity contribution in [3.8, 4) is 5.75 Å². The highest BCUT2D eigenvalue weighted by atomic mass is 79.9. The third-order valence-electron chi connectivity index (χ3n) is 1.60. The second-order valence-corrected chi connectivity index (χ2v) is 3.61. The van der Waals surface area contributed by atoms with Gasteiger partial charge in [0.2, 0.25) is 0 Å². The zero-order valence-electron chi connectivity index (χ0n) is 7.43. The number of hydrogen-bond acceptors (Lipinski definition) is 1. The third-order valence-corrected chi connectivity index (χ3v) is 2.49. The van der Waals surface area contributed by atoms with E-state index in [-0.39, 0.29) is 0 Å². The molecule has 0 saturated heterocycles. The monoisotopic (exact) mass is 228 g/mol. The topological polar surface area (TPSA) is 9.23 Å². The molecule has 0 spiro atoms. The van der Waals surface area contributed by atoms with Crippen LogP contribution < -0.4 is 4.74 Å². The van der Waals surface area contributed by atoms with Crippen molar-refractivity contribution < 1.29 is 4.74 Å². The first-order chi connectivity index (χ1) is 5.74. The van der Waals surface area contributed by atoms with Crippen LogP contribution in [0.3, 0.4) is 0 Å². The van der Waals surface area contributed by atoms with Crippen molar-refractivity contribution >= 4 is 15.9 Å². The van der Waals surface area contributed by atoms with E-state index < -0.39 is 0 Å². The van der Waals surface area contributed by atoms with Crippen LogP contribution in [0.25, 0.3) is 0 Å². The Morgan fingerprint density at radius 1 is 1.42 bits per heavy atom. The number of aryl methyl sites for hydroxylation is 1. The molecular weight excluding hydrogens is 216 g/mol. The van der Waals surface area contributed by atoms with E-state index >= 15 is 0 Å². The average Bonchev–Trinajstić information content (AvgIpc) is 2.07. The van der Waals surface area contributed by atoms with Crippen molar-refractivity contribution in [3.05, 3.63) is 28.2 Å². The van der Waals surface area contributed by atoms with Crippen molar-refractivity contribution in [2.24, 2.45) is 0 Å². The highest BCUT2D eigenvalue weighted by molar-refractivity contribution is 9.10. The summed E-state index contributed by atoms with van der Waals surface area (Å²) in [7, 11) is 0. The van der Waals surface area contributed by atoms with Gasteiger partial charge in [-0.3, -0.25) is 0 Å². The lowest BCUT2D eigenvalue weighted by atomic mass is 10.2. The third kappa shape index (κ3) is 2.52. The van der Waals surface area contributed by atoms with Gasteiger partial charge < -0.3 is 4.74 Å². The molecule has 0 amide bonds. The van der Waals surface area contributed by atoms with Crippen LogP contribution in [0.2, 0.25) is 0 Å². The average molecular weight is 229 g/mol. The van der Waals surface area contributed by atoms with Gasteiger partial charge in [0.05, 0.1) is 6.61 Å². The molecule has 0 aliphatic rings. The van der Waals surface area contributed by atoms with Gasteiger partial charge in [0, 0.05) is 4.47 Å². The normalized spacial score (nSPS) is 9.92. The first-order valence-corrected chi connectivity index (χ1v) is 4.92. The standard InChI is InChI=1S/C10H13BrO/c1-3-6-12-9-4-5-10(11)8(2)7-9/h4-5,7H,3,6H2,1-2H3. The van der Waals surface area contributed by atoms with Crippen LogP contribution in [0.4, 0.5) is 0 Å². The largest absolute Gasteiger partial charge is 0.494 e. The quantitative estimate of drug-likeness (QED) is 0.770. The minimum absolute atomic E-state index is 0.793. The minimum atomic E-state index is 0.793. The fraction of sp³-hybridized carbons (Fsp3) is 0.400. The molecule has 1 aromatic rings. The highest BCUT2D eigenvalue weighted by Gasteiger charge is 1.96. The second-order valence-electron chi connectivity index (χ2n) is 2.76. The molecule has 1 nitrogen and oxygen atoms in total. The van der Waals surface area contributed by atoms with Crippen molar-refractivity contribution in [2.75, 3.05) is 6.61 Å². The molecule has 0 N–H and O–H groups in total. The smallest absolute Gasteiger partial charge is 0.119 e. The van der Waals surface area contributed by atoms with Crippen LogP contribution in [0.5, 0.6) is 5.75 Å². The fourth-order valence-corrected chi connectivity index (χ4v) is 1.17. The first-order valence-electron chi connectivity index (χ1n) is 4.13. The molecule has 0 heterocycles. The van der Waals surface area contributed by atoms with Crippen LogP contribution in [0.1, 0.15) is 18.9 Å². The Bertz CT molecular complexity index is 258. The van der Waals surface area contributed by atoms with Crippen molar-refractivity contribution in [1.29, 1.82) is 0 Å². The maximum Gasteiger partial charge on any atom is 0.119 e. The van der Waals surface area contributed by atoms with Crippen LogP contribution >= 0.6 is 15.9 Å². The lowest BCUT2D eigenvalue weighted by Gasteiger charge is -2.05. The van der Waals surface area contributed by atoms with Crippen LogP contribution in [0, 0.1) is 6.92 Å². The van der Waals surface area contributed by atoms with Gasteiger partial charge in [-0.1, -0.05) is 22.9 Å². The molecule has 2 heteroatoms. The molecule has 0 aliphatic carbocycles. The summed E-state index contributed by atoms with van der Waals surface area (Å²) in [6.45, 7) is 4.95. The van der Waals surface area contributed by atoms with E-state index in [0.717, 1.165) is 23.2 Å². The van der Waals surface area contributed by atoms with E-state index in [1.807, 2.05) is 18.2 Å². The number of halogens is 1. The molecule has 0 unspecified atom stereocenters. The molecule has 0 aliphatic heterocycles. The molecule has 0 radical (unpaired) electrons. The maximum absolute atomic E-state index is 5.47. The van der Waals surface area contributed by atoms with Gasteiger partial charge in [0.1, 0.15) is 5.75 Å². The van der Waals surface area contributed by atoms with E-state index in [0.29, 0.717) is 0 Å². The maximum atomic E-state index is 5.47. The van der Waals surface area contributed by atoms with Crippen LogP contribution in [-0.2, 0) is 0 Å². The van der Waals surface area contributed by atoms with Crippen molar-refractivity contribution in [2.45, 2.75) is 20.3 Å². The Morgan fingerprint density at radius 3 is 2.75 bits per heavy atom. The summed E-state index contributed by atoms with van der Waals surface area (Å²) in [4.78, 5) is 0. The number of hydrogen-bond donors (Lipinski definition) is 0. The Morgan fingerprint density at radius 2 is 2.17 bits per heavy atom. The van der Waals surface area contributed by atoms with Gasteiger partial charge in [-0.05, 0) is 37.1 Å². The Balaban J connectivity index is 2.69. The van der Waals surface area contributed by atoms with Crippen molar-refractivity contribution in [1.82, 2.24) is 0 Å². The number of benzene rings is 1. The summed E-state index contributed by atoms with van der Waals surface area (Å²) in [6.07, 6.45) is 1.05. The SMILES string of the molecule is CCCOc1ccc(Br)c(C)c1. The molecule has 0 aromatic heterocycles. The van der Waals surface area contributed by atoms with E-state index in [4.69, 9.17) is 4.74 Å². The van der Waals surface area contributed by atoms with Gasteiger partial charge in [0.15, 0.2) is 0 Å². The summed E-state index contributed by atoms with van der Waals surface area (Å²) >= 11 is 3.44. The molecule has 12 heavy (non-hydrogen) atoms. The fourth-order valence-electron chi connectivity index (χ4n) is 0.927. The summed E-state index contributed by atoms with van der Waals surface area (Å²) in [6, 6.07) is 6.03. The predicted octanol–water partition coefficient (Wildman–Crippen LogP) is 3.55. The molecule has 66 valence electrons. The summed E-state index contributed by atoms with van der Waals surface area (Å²) in [5, 5.41) is 0. The molecule has 0 atom stereocenters. The highest BCUT2D eigenvalue weighted by Crippen LogP contribution is 2.21. The Hall–Kier alpha value is -0.500. The molecule has 1 aromatic carbocycles. The van der Waals surface area contributed by atoms with E-state index in [2.05, 4.69) is 29.8 Å². The van der Waals surface area contributed by atoms with Crippen LogP contribution in [-0.4, -0.2) is 6.61 Å². The van der Waals surface area contributed by atoms with Gasteiger partial charge in [0.25, 0.3) is 0 Å². The summed E-state index contributed by atoms with van der Waals surface area (Å²) < 4.78 is 6.60. The van der Waals surface area contributed by atoms with E-state index in [1.165, 1.54) is 5.56 Å². The summed E-state index contributed by atoms with van der Waals surface area (Å²) in [5.74, 6) is 0.956. The first kappa shape index (κ1) is 9.59. The number of ether oxygens (including phenoxy) is 1. The molecular formula is C10H13BrO. The number of rotatable bonds is 3. The Labute approximate surface area is 81.9 Å². The van der Waals surface area contributed by atoms with Gasteiger partial charge in [-0.15, -0.1) is 0 Å². The van der Waals surface area contributed by atoms with Crippen LogP contribution in [0.15, 0.2) is 22.7 Å². The van der Waals surface area contributed by atoms with E-state index in [9.17, 15) is 0 Å². The van der Waals surface area contributed by atoms with Gasteiger partial charge in [-0.25, -0.2) is 0 Å². The summed E-state index contributed by atoms with van der Waals surface area (Å²) in [5.41, 5.74) is 1.21. The van der Waals surface area contributed by atoms with E-state index in [1.54, 1.807) is 0 Å². The zero-order chi connectivity index (χ0) is 8.97. The second kappa shape index (κ2) is 4.51.